The molecule has 0 fully saturated rings. The van der Waals surface area contributed by atoms with Gasteiger partial charge in [-0.25, -0.2) is 0 Å². The second-order valence-corrected chi connectivity index (χ2v) is 3.83. The summed E-state index contributed by atoms with van der Waals surface area (Å²) in [7, 11) is 0. The molecule has 14 heavy (non-hydrogen) atoms. The van der Waals surface area contributed by atoms with Crippen molar-refractivity contribution in [1.29, 1.82) is 0 Å². The molecular weight excluding hydrogens is 168 g/mol. The summed E-state index contributed by atoms with van der Waals surface area (Å²) in [6.07, 6.45) is 6.49. The van der Waals surface area contributed by atoms with Gasteiger partial charge in [-0.1, -0.05) is 61.1 Å². The van der Waals surface area contributed by atoms with E-state index in [2.05, 4.69) is 69.3 Å². The van der Waals surface area contributed by atoms with Crippen molar-refractivity contribution in [2.24, 2.45) is 0 Å². The van der Waals surface area contributed by atoms with Crippen LogP contribution in [0, 0.1) is 0 Å². The van der Waals surface area contributed by atoms with E-state index in [9.17, 15) is 0 Å². The second kappa shape index (κ2) is 5.43. The molecule has 1 unspecified atom stereocenters. The smallest absolute Gasteiger partial charge is 0.000732 e. The van der Waals surface area contributed by atoms with Gasteiger partial charge in [-0.2, -0.15) is 0 Å². The summed E-state index contributed by atoms with van der Waals surface area (Å²) in [6.45, 7) is 6.43. The van der Waals surface area contributed by atoms with Crippen LogP contribution in [0.4, 0.5) is 0 Å². The highest BCUT2D eigenvalue weighted by atomic mass is 14.0. The Morgan fingerprint density at radius 3 is 2.36 bits per heavy atom. The third-order valence-electron chi connectivity index (χ3n) is 2.15. The largest absolute Gasteiger partial charge is 0.0773 e. The first-order valence-electron chi connectivity index (χ1n) is 5.07. The van der Waals surface area contributed by atoms with Crippen LogP contribution in [0.2, 0.25) is 0 Å². The molecule has 0 nitrogen and oxygen atoms in total. The maximum absolute atomic E-state index is 2.22. The highest BCUT2D eigenvalue weighted by molar-refractivity contribution is 5.24. The Hall–Kier alpha value is -1.30. The lowest BCUT2D eigenvalue weighted by Crippen LogP contribution is -1.86. The summed E-state index contributed by atoms with van der Waals surface area (Å²) in [5, 5.41) is 0. The standard InChI is InChI=1S/C14H18/c1-12(2)8-7-9-13(3)14-10-5-4-6-11-14/h4-11,13H,1-3H3/b9-7+. The molecule has 0 aliphatic carbocycles. The van der Waals surface area contributed by atoms with Crippen molar-refractivity contribution in [1.82, 2.24) is 0 Å². The van der Waals surface area contributed by atoms with Gasteiger partial charge >= 0.3 is 0 Å². The molecule has 0 spiro atoms. The minimum absolute atomic E-state index is 0.492. The normalized spacial score (nSPS) is 12.8. The molecule has 0 heterocycles. The molecule has 0 saturated carbocycles. The fourth-order valence-corrected chi connectivity index (χ4v) is 1.28. The summed E-state index contributed by atoms with van der Waals surface area (Å²) < 4.78 is 0. The fraction of sp³-hybridized carbons (Fsp3) is 0.286. The van der Waals surface area contributed by atoms with Crippen LogP contribution in [0.25, 0.3) is 0 Å². The van der Waals surface area contributed by atoms with Gasteiger partial charge in [0, 0.05) is 0 Å². The average Bonchev–Trinajstić information content (AvgIpc) is 2.18. The molecule has 0 aromatic heterocycles. The fourth-order valence-electron chi connectivity index (χ4n) is 1.28. The summed E-state index contributed by atoms with van der Waals surface area (Å²) in [5.74, 6) is 0.492. The maximum atomic E-state index is 2.22. The van der Waals surface area contributed by atoms with Crippen LogP contribution >= 0.6 is 0 Å². The zero-order valence-electron chi connectivity index (χ0n) is 9.20. The van der Waals surface area contributed by atoms with Gasteiger partial charge in [0.25, 0.3) is 0 Å². The van der Waals surface area contributed by atoms with Crippen molar-refractivity contribution < 1.29 is 0 Å². The third-order valence-corrected chi connectivity index (χ3v) is 2.15. The van der Waals surface area contributed by atoms with Crippen LogP contribution in [0.15, 0.2) is 54.1 Å². The zero-order valence-corrected chi connectivity index (χ0v) is 9.20. The molecular formula is C14H18. The first-order valence-corrected chi connectivity index (χ1v) is 5.07. The molecule has 0 aliphatic rings. The summed E-state index contributed by atoms with van der Waals surface area (Å²) in [5.41, 5.74) is 2.70. The van der Waals surface area contributed by atoms with Crippen molar-refractivity contribution in [3.05, 3.63) is 59.7 Å². The molecule has 0 aliphatic heterocycles. The van der Waals surface area contributed by atoms with Gasteiger partial charge in [-0.15, -0.1) is 0 Å². The molecule has 0 saturated heterocycles. The van der Waals surface area contributed by atoms with E-state index >= 15 is 0 Å². The zero-order chi connectivity index (χ0) is 10.4. The Labute approximate surface area is 87.0 Å². The quantitative estimate of drug-likeness (QED) is 0.617. The lowest BCUT2D eigenvalue weighted by molar-refractivity contribution is 0.967. The lowest BCUT2D eigenvalue weighted by atomic mass is 10.0. The van der Waals surface area contributed by atoms with Gasteiger partial charge in [0.2, 0.25) is 0 Å². The van der Waals surface area contributed by atoms with Crippen LogP contribution in [0.1, 0.15) is 32.3 Å². The number of hydrogen-bond acceptors (Lipinski definition) is 0. The van der Waals surface area contributed by atoms with Crippen LogP contribution in [-0.4, -0.2) is 0 Å². The molecule has 1 rings (SSSR count). The van der Waals surface area contributed by atoms with Gasteiger partial charge in [-0.05, 0) is 25.3 Å². The van der Waals surface area contributed by atoms with E-state index in [1.165, 1.54) is 11.1 Å². The SMILES string of the molecule is CC(C)=C/C=C/C(C)c1ccccc1. The highest BCUT2D eigenvalue weighted by Gasteiger charge is 1.97. The van der Waals surface area contributed by atoms with E-state index in [0.29, 0.717) is 5.92 Å². The molecule has 0 N–H and O–H groups in total. The molecule has 1 atom stereocenters. The van der Waals surface area contributed by atoms with Gasteiger partial charge < -0.3 is 0 Å². The van der Waals surface area contributed by atoms with Gasteiger partial charge in [0.15, 0.2) is 0 Å². The molecule has 74 valence electrons. The van der Waals surface area contributed by atoms with E-state index in [4.69, 9.17) is 0 Å². The monoisotopic (exact) mass is 186 g/mol. The molecule has 0 radical (unpaired) electrons. The van der Waals surface area contributed by atoms with E-state index in [-0.39, 0.29) is 0 Å². The summed E-state index contributed by atoms with van der Waals surface area (Å²) >= 11 is 0. The predicted molar refractivity (Wildman–Crippen MR) is 63.4 cm³/mol. The van der Waals surface area contributed by atoms with Crippen molar-refractivity contribution in [3.8, 4) is 0 Å². The Balaban J connectivity index is 2.64. The number of rotatable bonds is 3. The van der Waals surface area contributed by atoms with Crippen molar-refractivity contribution in [2.45, 2.75) is 26.7 Å². The molecule has 1 aromatic carbocycles. The maximum Gasteiger partial charge on any atom is -0.000732 e. The van der Waals surface area contributed by atoms with E-state index in [1.54, 1.807) is 0 Å². The van der Waals surface area contributed by atoms with E-state index in [0.717, 1.165) is 0 Å². The molecule has 0 bridgehead atoms. The van der Waals surface area contributed by atoms with Crippen LogP contribution in [-0.2, 0) is 0 Å². The third kappa shape index (κ3) is 3.61. The Morgan fingerprint density at radius 1 is 1.14 bits per heavy atom. The highest BCUT2D eigenvalue weighted by Crippen LogP contribution is 2.15. The molecule has 0 heteroatoms. The lowest BCUT2D eigenvalue weighted by Gasteiger charge is -2.04. The van der Waals surface area contributed by atoms with E-state index < -0.39 is 0 Å². The van der Waals surface area contributed by atoms with Crippen molar-refractivity contribution >= 4 is 0 Å². The molecule has 1 aromatic rings. The second-order valence-electron chi connectivity index (χ2n) is 3.83. The average molecular weight is 186 g/mol. The first-order chi connectivity index (χ1) is 6.70. The van der Waals surface area contributed by atoms with Gasteiger partial charge in [0.1, 0.15) is 0 Å². The Morgan fingerprint density at radius 2 is 1.79 bits per heavy atom. The topological polar surface area (TPSA) is 0 Å². The Bertz CT molecular complexity index is 313. The Kier molecular flexibility index (Phi) is 4.18. The summed E-state index contributed by atoms with van der Waals surface area (Å²) in [6, 6.07) is 10.5. The first kappa shape index (κ1) is 10.8. The summed E-state index contributed by atoms with van der Waals surface area (Å²) in [4.78, 5) is 0. The minimum atomic E-state index is 0.492. The van der Waals surface area contributed by atoms with Gasteiger partial charge in [0.05, 0.1) is 0 Å². The molecule has 0 amide bonds. The van der Waals surface area contributed by atoms with Gasteiger partial charge in [-0.3, -0.25) is 0 Å². The van der Waals surface area contributed by atoms with Crippen LogP contribution < -0.4 is 0 Å². The van der Waals surface area contributed by atoms with Crippen molar-refractivity contribution in [2.75, 3.05) is 0 Å². The van der Waals surface area contributed by atoms with Crippen molar-refractivity contribution in [3.63, 3.8) is 0 Å². The number of allylic oxidation sites excluding steroid dienone is 4. The number of hydrogen-bond donors (Lipinski definition) is 0. The van der Waals surface area contributed by atoms with Crippen LogP contribution in [0.5, 0.6) is 0 Å². The minimum Gasteiger partial charge on any atom is -0.0773 e. The van der Waals surface area contributed by atoms with E-state index in [1.807, 2.05) is 0 Å². The number of benzene rings is 1. The van der Waals surface area contributed by atoms with Crippen LogP contribution in [0.3, 0.4) is 0 Å². The predicted octanol–water partition coefficient (Wildman–Crippen LogP) is 4.31.